The van der Waals surface area contributed by atoms with Crippen LogP contribution in [-0.4, -0.2) is 14.3 Å². The molecule has 34 heavy (non-hydrogen) atoms. The highest BCUT2D eigenvalue weighted by molar-refractivity contribution is 7.92. The van der Waals surface area contributed by atoms with Crippen molar-refractivity contribution in [2.45, 2.75) is 18.7 Å². The molecule has 0 spiro atoms. The molecule has 0 aliphatic carbocycles. The molecule has 0 bridgehead atoms. The Balaban J connectivity index is 1.62. The molecule has 5 nitrogen and oxygen atoms in total. The third kappa shape index (κ3) is 5.14. The van der Waals surface area contributed by atoms with E-state index in [9.17, 15) is 13.2 Å². The lowest BCUT2D eigenvalue weighted by Gasteiger charge is -2.14. The first-order valence-corrected chi connectivity index (χ1v) is 12.5. The van der Waals surface area contributed by atoms with Gasteiger partial charge in [0.1, 0.15) is 4.90 Å². The van der Waals surface area contributed by atoms with Crippen LogP contribution in [-0.2, 0) is 10.0 Å². The molecule has 0 aliphatic heterocycles. The number of amides is 1. The highest BCUT2D eigenvalue weighted by Crippen LogP contribution is 2.29. The number of hydrogen-bond donors (Lipinski definition) is 2. The Kier molecular flexibility index (Phi) is 6.72. The van der Waals surface area contributed by atoms with E-state index in [1.807, 2.05) is 68.4 Å². The Hall–Kier alpha value is -3.61. The largest absolute Gasteiger partial charge is 0.321 e. The Bertz CT molecular complexity index is 1470. The molecule has 172 valence electrons. The Morgan fingerprint density at radius 1 is 0.794 bits per heavy atom. The van der Waals surface area contributed by atoms with E-state index in [-0.39, 0.29) is 15.5 Å². The van der Waals surface area contributed by atoms with Crippen LogP contribution in [0.5, 0.6) is 0 Å². The van der Waals surface area contributed by atoms with Gasteiger partial charge in [-0.3, -0.25) is 9.52 Å². The van der Waals surface area contributed by atoms with Gasteiger partial charge in [-0.1, -0.05) is 66.2 Å². The summed E-state index contributed by atoms with van der Waals surface area (Å²) in [5, 5.41) is 2.92. The molecule has 4 rings (SSSR count). The van der Waals surface area contributed by atoms with Crippen LogP contribution in [0.25, 0.3) is 11.1 Å². The van der Waals surface area contributed by atoms with Gasteiger partial charge in [-0.15, -0.1) is 0 Å². The van der Waals surface area contributed by atoms with Gasteiger partial charge < -0.3 is 5.32 Å². The van der Waals surface area contributed by atoms with E-state index in [1.54, 1.807) is 18.2 Å². The van der Waals surface area contributed by atoms with Gasteiger partial charge in [0, 0.05) is 22.5 Å². The molecular weight excluding hydrogens is 468 g/mol. The predicted octanol–water partition coefficient (Wildman–Crippen LogP) is 6.68. The highest BCUT2D eigenvalue weighted by Gasteiger charge is 2.21. The molecule has 0 aliphatic rings. The number of rotatable bonds is 6. The first kappa shape index (κ1) is 23.5. The maximum Gasteiger partial charge on any atom is 0.263 e. The highest BCUT2D eigenvalue weighted by atomic mass is 35.5. The van der Waals surface area contributed by atoms with Crippen molar-refractivity contribution in [2.75, 3.05) is 10.0 Å². The molecule has 0 fully saturated rings. The second kappa shape index (κ2) is 9.71. The first-order valence-electron chi connectivity index (χ1n) is 10.6. The minimum atomic E-state index is -4.02. The van der Waals surface area contributed by atoms with Crippen molar-refractivity contribution in [3.63, 3.8) is 0 Å². The lowest BCUT2D eigenvalue weighted by Crippen LogP contribution is -2.17. The summed E-state index contributed by atoms with van der Waals surface area (Å²) in [5.74, 6) is -0.442. The van der Waals surface area contributed by atoms with E-state index in [4.69, 9.17) is 11.6 Å². The third-order valence-corrected chi connectivity index (χ3v) is 7.36. The summed E-state index contributed by atoms with van der Waals surface area (Å²) in [6, 6.07) is 26.6. The number of benzene rings is 4. The normalized spacial score (nSPS) is 11.1. The molecule has 4 aromatic carbocycles. The summed E-state index contributed by atoms with van der Waals surface area (Å²) < 4.78 is 28.7. The van der Waals surface area contributed by atoms with E-state index in [1.165, 1.54) is 18.2 Å². The molecule has 1 amide bonds. The van der Waals surface area contributed by atoms with Crippen molar-refractivity contribution < 1.29 is 13.2 Å². The lowest BCUT2D eigenvalue weighted by atomic mass is 10.0. The molecule has 0 heterocycles. The number of carbonyl (C=O) groups is 1. The maximum atomic E-state index is 13.1. The smallest absolute Gasteiger partial charge is 0.263 e. The Morgan fingerprint density at radius 3 is 2.24 bits per heavy atom. The second-order valence-electron chi connectivity index (χ2n) is 7.92. The SMILES string of the molecule is Cc1ccc(NS(=O)(=O)c2cc(C(=O)Nc3ccccc3-c3ccccc3)ccc2Cl)cc1C. The average molecular weight is 491 g/mol. The van der Waals surface area contributed by atoms with E-state index < -0.39 is 15.9 Å². The molecule has 7 heteroatoms. The van der Waals surface area contributed by atoms with E-state index in [2.05, 4.69) is 10.0 Å². The van der Waals surface area contributed by atoms with Gasteiger partial charge in [-0.05, 0) is 66.9 Å². The van der Waals surface area contributed by atoms with Crippen molar-refractivity contribution in [1.82, 2.24) is 0 Å². The van der Waals surface area contributed by atoms with Crippen molar-refractivity contribution in [2.24, 2.45) is 0 Å². The van der Waals surface area contributed by atoms with Crippen LogP contribution >= 0.6 is 11.6 Å². The van der Waals surface area contributed by atoms with Crippen LogP contribution in [0.15, 0.2) is 95.9 Å². The number of carbonyl (C=O) groups excluding carboxylic acids is 1. The zero-order valence-electron chi connectivity index (χ0n) is 18.7. The van der Waals surface area contributed by atoms with E-state index in [0.717, 1.165) is 22.3 Å². The zero-order chi connectivity index (χ0) is 24.3. The van der Waals surface area contributed by atoms with E-state index >= 15 is 0 Å². The fourth-order valence-electron chi connectivity index (χ4n) is 3.52. The second-order valence-corrected chi connectivity index (χ2v) is 9.97. The third-order valence-electron chi connectivity index (χ3n) is 5.50. The minimum absolute atomic E-state index is 0.0255. The van der Waals surface area contributed by atoms with Crippen molar-refractivity contribution in [3.05, 3.63) is 113 Å². The van der Waals surface area contributed by atoms with Gasteiger partial charge in [-0.25, -0.2) is 8.42 Å². The topological polar surface area (TPSA) is 75.3 Å². The summed E-state index contributed by atoms with van der Waals surface area (Å²) in [4.78, 5) is 12.9. The van der Waals surface area contributed by atoms with Crippen LogP contribution in [0, 0.1) is 13.8 Å². The zero-order valence-corrected chi connectivity index (χ0v) is 20.2. The number of sulfonamides is 1. The monoisotopic (exact) mass is 490 g/mol. The lowest BCUT2D eigenvalue weighted by molar-refractivity contribution is 0.102. The molecular formula is C27H23ClN2O3S. The van der Waals surface area contributed by atoms with Crippen LogP contribution < -0.4 is 10.0 Å². The van der Waals surface area contributed by atoms with Gasteiger partial charge >= 0.3 is 0 Å². The molecule has 0 aromatic heterocycles. The summed E-state index contributed by atoms with van der Waals surface area (Å²) in [6.07, 6.45) is 0. The molecule has 4 aromatic rings. The summed E-state index contributed by atoms with van der Waals surface area (Å²) in [7, 11) is -4.02. The van der Waals surface area contributed by atoms with Crippen molar-refractivity contribution >= 4 is 38.9 Å². The molecule has 0 unspecified atom stereocenters. The Morgan fingerprint density at radius 2 is 1.50 bits per heavy atom. The summed E-state index contributed by atoms with van der Waals surface area (Å²) in [6.45, 7) is 3.85. The number of hydrogen-bond acceptors (Lipinski definition) is 3. The van der Waals surface area contributed by atoms with Gasteiger partial charge in [-0.2, -0.15) is 0 Å². The molecule has 0 saturated carbocycles. The number of para-hydroxylation sites is 1. The molecule has 0 radical (unpaired) electrons. The minimum Gasteiger partial charge on any atom is -0.321 e. The van der Waals surface area contributed by atoms with Crippen molar-refractivity contribution in [3.8, 4) is 11.1 Å². The molecule has 0 saturated heterocycles. The Labute approximate surface area is 204 Å². The molecule has 2 N–H and O–H groups in total. The quantitative estimate of drug-likeness (QED) is 0.316. The van der Waals surface area contributed by atoms with Gasteiger partial charge in [0.15, 0.2) is 0 Å². The molecule has 0 atom stereocenters. The van der Waals surface area contributed by atoms with Gasteiger partial charge in [0.2, 0.25) is 0 Å². The van der Waals surface area contributed by atoms with E-state index in [0.29, 0.717) is 11.4 Å². The van der Waals surface area contributed by atoms with Crippen LogP contribution in [0.3, 0.4) is 0 Å². The average Bonchev–Trinajstić information content (AvgIpc) is 2.82. The fraction of sp³-hybridized carbons (Fsp3) is 0.0741. The fourth-order valence-corrected chi connectivity index (χ4v) is 5.10. The standard InChI is InChI=1S/C27H23ClN2O3S/c1-18-12-14-22(16-19(18)2)30-34(32,33)26-17-21(13-15-24(26)28)27(31)29-25-11-7-6-10-23(25)20-8-4-3-5-9-20/h3-17,30H,1-2H3,(H,29,31). The summed E-state index contributed by atoms with van der Waals surface area (Å²) >= 11 is 6.22. The van der Waals surface area contributed by atoms with Gasteiger partial charge in [0.05, 0.1) is 5.02 Å². The number of anilines is 2. The van der Waals surface area contributed by atoms with Crippen molar-refractivity contribution in [1.29, 1.82) is 0 Å². The van der Waals surface area contributed by atoms with Crippen LogP contribution in [0.4, 0.5) is 11.4 Å². The first-order chi connectivity index (χ1) is 16.2. The number of nitrogens with one attached hydrogen (secondary N) is 2. The maximum absolute atomic E-state index is 13.1. The predicted molar refractivity (Wildman–Crippen MR) is 138 cm³/mol. The van der Waals surface area contributed by atoms with Crippen LogP contribution in [0.2, 0.25) is 5.02 Å². The number of aryl methyl sites for hydroxylation is 2. The summed E-state index contributed by atoms with van der Waals surface area (Å²) in [5.41, 5.74) is 5.03. The van der Waals surface area contributed by atoms with Crippen LogP contribution in [0.1, 0.15) is 21.5 Å². The number of halogens is 1. The van der Waals surface area contributed by atoms with Gasteiger partial charge in [0.25, 0.3) is 15.9 Å².